The van der Waals surface area contributed by atoms with Crippen LogP contribution in [0, 0.1) is 6.92 Å². The minimum Gasteiger partial charge on any atom is -0.165 e. The standard InChI is InChI=1S/C25H21.Li/c1-17-14-20-16-19-10-7-13-22(19)25(24(20)15-17)23-12-6-5-11-21(23)18-8-3-2-4-9-18;/h2-6,8-9,11-12,14-16H,7,10,13H2,1H3;/q-1;+1. The summed E-state index contributed by atoms with van der Waals surface area (Å²) in [5, 5.41) is 2.82. The molecule has 0 aromatic heterocycles. The molecule has 0 fully saturated rings. The molecule has 0 nitrogen and oxygen atoms in total. The van der Waals surface area contributed by atoms with Gasteiger partial charge in [-0.15, -0.1) is 28.5 Å². The maximum absolute atomic E-state index is 2.43. The number of benzene rings is 3. The van der Waals surface area contributed by atoms with E-state index in [1.165, 1.54) is 57.9 Å². The number of rotatable bonds is 2. The van der Waals surface area contributed by atoms with Crippen LogP contribution in [-0.2, 0) is 12.8 Å². The first-order chi connectivity index (χ1) is 12.3. The molecule has 1 heteroatoms. The van der Waals surface area contributed by atoms with Gasteiger partial charge in [-0.2, -0.15) is 6.07 Å². The van der Waals surface area contributed by atoms with Crippen LogP contribution in [0.2, 0.25) is 0 Å². The van der Waals surface area contributed by atoms with Crippen LogP contribution in [-0.4, -0.2) is 0 Å². The molecular formula is C25H21Li. The van der Waals surface area contributed by atoms with Gasteiger partial charge in [-0.25, -0.2) is 0 Å². The first-order valence-corrected chi connectivity index (χ1v) is 9.18. The van der Waals surface area contributed by atoms with Crippen LogP contribution < -0.4 is 18.9 Å². The molecule has 4 aromatic rings. The average molecular weight is 328 g/mol. The SMILES string of the molecule is Cc1cc2c(-c3ccccc3-c3ccccc3)c3c(cc2[cH-]1)CCC3.[Li+]. The molecule has 0 amide bonds. The third-order valence-corrected chi connectivity index (χ3v) is 5.51. The fourth-order valence-electron chi connectivity index (χ4n) is 4.45. The third-order valence-electron chi connectivity index (χ3n) is 5.51. The summed E-state index contributed by atoms with van der Waals surface area (Å²) in [6.45, 7) is 2.21. The Morgan fingerprint density at radius 2 is 1.54 bits per heavy atom. The summed E-state index contributed by atoms with van der Waals surface area (Å²) in [5.41, 5.74) is 9.96. The Kier molecular flexibility index (Phi) is 4.57. The maximum Gasteiger partial charge on any atom is 1.00 e. The molecule has 26 heavy (non-hydrogen) atoms. The molecule has 0 N–H and O–H groups in total. The summed E-state index contributed by atoms with van der Waals surface area (Å²) >= 11 is 0. The van der Waals surface area contributed by atoms with E-state index in [4.69, 9.17) is 0 Å². The van der Waals surface area contributed by atoms with Crippen molar-refractivity contribution in [2.24, 2.45) is 0 Å². The zero-order chi connectivity index (χ0) is 16.8. The van der Waals surface area contributed by atoms with E-state index < -0.39 is 0 Å². The van der Waals surface area contributed by atoms with Crippen LogP contribution in [0.25, 0.3) is 33.0 Å². The molecule has 1 aliphatic carbocycles. The van der Waals surface area contributed by atoms with Gasteiger partial charge in [-0.1, -0.05) is 78.2 Å². The van der Waals surface area contributed by atoms with Crippen molar-refractivity contribution in [2.45, 2.75) is 26.2 Å². The van der Waals surface area contributed by atoms with Crippen molar-refractivity contribution in [3.63, 3.8) is 0 Å². The van der Waals surface area contributed by atoms with Crippen molar-refractivity contribution in [3.05, 3.63) is 89.5 Å². The van der Waals surface area contributed by atoms with Gasteiger partial charge in [0.1, 0.15) is 0 Å². The predicted molar refractivity (Wildman–Crippen MR) is 107 cm³/mol. The van der Waals surface area contributed by atoms with Gasteiger partial charge in [0.05, 0.1) is 0 Å². The Hall–Kier alpha value is -2.13. The van der Waals surface area contributed by atoms with E-state index in [1.54, 1.807) is 11.1 Å². The smallest absolute Gasteiger partial charge is 0.165 e. The molecule has 0 aliphatic heterocycles. The van der Waals surface area contributed by atoms with Crippen LogP contribution >= 0.6 is 0 Å². The normalized spacial score (nSPS) is 12.8. The molecule has 1 aliphatic rings. The third kappa shape index (κ3) is 2.75. The van der Waals surface area contributed by atoms with E-state index >= 15 is 0 Å². The minimum atomic E-state index is 0. The van der Waals surface area contributed by atoms with Crippen molar-refractivity contribution in [1.82, 2.24) is 0 Å². The quantitative estimate of drug-likeness (QED) is 0.389. The van der Waals surface area contributed by atoms with E-state index in [0.29, 0.717) is 0 Å². The second-order valence-corrected chi connectivity index (χ2v) is 7.19. The Balaban J connectivity index is 0.00000168. The topological polar surface area (TPSA) is 0 Å². The molecule has 0 bridgehead atoms. The fraction of sp³-hybridized carbons (Fsp3) is 0.160. The predicted octanol–water partition coefficient (Wildman–Crippen LogP) is 3.69. The van der Waals surface area contributed by atoms with Crippen LogP contribution in [0.1, 0.15) is 23.1 Å². The monoisotopic (exact) mass is 328 g/mol. The Morgan fingerprint density at radius 3 is 2.35 bits per heavy atom. The van der Waals surface area contributed by atoms with E-state index in [9.17, 15) is 0 Å². The van der Waals surface area contributed by atoms with E-state index in [-0.39, 0.29) is 18.9 Å². The summed E-state index contributed by atoms with van der Waals surface area (Å²) in [6.07, 6.45) is 3.70. The summed E-state index contributed by atoms with van der Waals surface area (Å²) in [6, 6.07) is 26.8. The van der Waals surface area contributed by atoms with Crippen molar-refractivity contribution < 1.29 is 18.9 Å². The van der Waals surface area contributed by atoms with Gasteiger partial charge in [0.2, 0.25) is 0 Å². The van der Waals surface area contributed by atoms with E-state index in [1.807, 2.05) is 0 Å². The molecule has 0 atom stereocenters. The maximum atomic E-state index is 2.43. The van der Waals surface area contributed by atoms with Gasteiger partial charge in [0, 0.05) is 0 Å². The zero-order valence-electron chi connectivity index (χ0n) is 15.5. The molecule has 0 heterocycles. The molecule has 4 aromatic carbocycles. The summed E-state index contributed by atoms with van der Waals surface area (Å²) in [5.74, 6) is 0. The van der Waals surface area contributed by atoms with Gasteiger partial charge in [-0.05, 0) is 36.0 Å². The molecule has 5 rings (SSSR count). The Bertz CT molecular complexity index is 1070. The molecular weight excluding hydrogens is 307 g/mol. The second kappa shape index (κ2) is 6.88. The van der Waals surface area contributed by atoms with Crippen molar-refractivity contribution >= 4 is 10.8 Å². The van der Waals surface area contributed by atoms with E-state index in [2.05, 4.69) is 79.7 Å². The summed E-state index contributed by atoms with van der Waals surface area (Å²) in [4.78, 5) is 0. The summed E-state index contributed by atoms with van der Waals surface area (Å²) < 4.78 is 0. The molecule has 122 valence electrons. The molecule has 0 unspecified atom stereocenters. The first-order valence-electron chi connectivity index (χ1n) is 9.18. The number of hydrogen-bond donors (Lipinski definition) is 0. The van der Waals surface area contributed by atoms with Gasteiger partial charge in [0.25, 0.3) is 0 Å². The molecule has 0 spiro atoms. The number of fused-ring (bicyclic) bond motifs is 2. The number of aryl methyl sites for hydroxylation is 2. The van der Waals surface area contributed by atoms with Crippen LogP contribution in [0.4, 0.5) is 0 Å². The molecule has 0 radical (unpaired) electrons. The van der Waals surface area contributed by atoms with Gasteiger partial charge in [0.15, 0.2) is 0 Å². The van der Waals surface area contributed by atoms with Gasteiger partial charge >= 0.3 is 18.9 Å². The van der Waals surface area contributed by atoms with Crippen LogP contribution in [0.3, 0.4) is 0 Å². The molecule has 0 saturated heterocycles. The van der Waals surface area contributed by atoms with Crippen molar-refractivity contribution in [3.8, 4) is 22.3 Å². The largest absolute Gasteiger partial charge is 1.00 e. The summed E-state index contributed by atoms with van der Waals surface area (Å²) in [7, 11) is 0. The van der Waals surface area contributed by atoms with Crippen molar-refractivity contribution in [1.29, 1.82) is 0 Å². The second-order valence-electron chi connectivity index (χ2n) is 7.19. The Labute approximate surface area is 167 Å². The number of hydrogen-bond acceptors (Lipinski definition) is 0. The van der Waals surface area contributed by atoms with Gasteiger partial charge in [-0.3, -0.25) is 0 Å². The average Bonchev–Trinajstić information content (AvgIpc) is 3.25. The van der Waals surface area contributed by atoms with Crippen LogP contribution in [0.15, 0.2) is 72.8 Å². The molecule has 0 saturated carbocycles. The first kappa shape index (κ1) is 17.3. The van der Waals surface area contributed by atoms with E-state index in [0.717, 1.165) is 0 Å². The van der Waals surface area contributed by atoms with Crippen molar-refractivity contribution in [2.75, 3.05) is 0 Å². The zero-order valence-corrected chi connectivity index (χ0v) is 15.5. The van der Waals surface area contributed by atoms with Gasteiger partial charge < -0.3 is 0 Å². The minimum absolute atomic E-state index is 0. The fourth-order valence-corrected chi connectivity index (χ4v) is 4.45. The Morgan fingerprint density at radius 1 is 0.808 bits per heavy atom. The van der Waals surface area contributed by atoms with Crippen LogP contribution in [0.5, 0.6) is 0 Å².